The van der Waals surface area contributed by atoms with Gasteiger partial charge in [-0.1, -0.05) is 12.8 Å². The smallest absolute Gasteiger partial charge is 0.244 e. The van der Waals surface area contributed by atoms with Crippen LogP contribution in [0.15, 0.2) is 27.6 Å². The van der Waals surface area contributed by atoms with Crippen LogP contribution in [-0.2, 0) is 10.0 Å². The van der Waals surface area contributed by atoms with Gasteiger partial charge in [0, 0.05) is 22.7 Å². The average molecular weight is 347 g/mol. The first-order valence-electron chi connectivity index (χ1n) is 6.50. The Morgan fingerprint density at radius 3 is 2.74 bits per heavy atom. The number of anilines is 1. The first-order chi connectivity index (χ1) is 8.93. The van der Waals surface area contributed by atoms with Crippen LogP contribution in [0.1, 0.15) is 32.6 Å². The highest BCUT2D eigenvalue weighted by molar-refractivity contribution is 9.10. The summed E-state index contributed by atoms with van der Waals surface area (Å²) in [4.78, 5) is 0.301. The quantitative estimate of drug-likeness (QED) is 0.837. The van der Waals surface area contributed by atoms with E-state index >= 15 is 0 Å². The van der Waals surface area contributed by atoms with E-state index in [9.17, 15) is 8.42 Å². The van der Waals surface area contributed by atoms with Crippen molar-refractivity contribution in [2.45, 2.75) is 43.5 Å². The van der Waals surface area contributed by atoms with Crippen LogP contribution >= 0.6 is 15.9 Å². The second-order valence-corrected chi connectivity index (χ2v) is 7.72. The minimum atomic E-state index is -3.45. The third-order valence-electron chi connectivity index (χ3n) is 3.53. The van der Waals surface area contributed by atoms with Gasteiger partial charge in [0.15, 0.2) is 0 Å². The first kappa shape index (κ1) is 14.8. The molecule has 1 aromatic rings. The molecule has 1 fully saturated rings. The zero-order chi connectivity index (χ0) is 14.0. The van der Waals surface area contributed by atoms with Gasteiger partial charge in [0.1, 0.15) is 0 Å². The highest BCUT2D eigenvalue weighted by atomic mass is 79.9. The summed E-state index contributed by atoms with van der Waals surface area (Å²) in [6.07, 6.45) is 4.04. The Hall–Kier alpha value is -0.590. The summed E-state index contributed by atoms with van der Waals surface area (Å²) in [6.45, 7) is 2.58. The second kappa shape index (κ2) is 5.81. The Bertz CT molecular complexity index is 560. The summed E-state index contributed by atoms with van der Waals surface area (Å²) >= 11 is 3.30. The van der Waals surface area contributed by atoms with Crippen molar-refractivity contribution in [3.8, 4) is 0 Å². The number of halogens is 1. The largest absolute Gasteiger partial charge is 0.399 e. The monoisotopic (exact) mass is 346 g/mol. The van der Waals surface area contributed by atoms with Crippen LogP contribution in [0.25, 0.3) is 0 Å². The van der Waals surface area contributed by atoms with Crippen molar-refractivity contribution in [3.63, 3.8) is 0 Å². The van der Waals surface area contributed by atoms with Crippen molar-refractivity contribution in [1.82, 2.24) is 4.31 Å². The topological polar surface area (TPSA) is 63.4 Å². The van der Waals surface area contributed by atoms with Crippen LogP contribution in [0.4, 0.5) is 5.69 Å². The Labute approximate surface area is 123 Å². The fourth-order valence-electron chi connectivity index (χ4n) is 2.46. The third kappa shape index (κ3) is 3.12. The van der Waals surface area contributed by atoms with E-state index in [-0.39, 0.29) is 6.04 Å². The van der Waals surface area contributed by atoms with Gasteiger partial charge in [0.2, 0.25) is 10.0 Å². The van der Waals surface area contributed by atoms with Gasteiger partial charge in [-0.3, -0.25) is 0 Å². The lowest BCUT2D eigenvalue weighted by Gasteiger charge is -2.26. The lowest BCUT2D eigenvalue weighted by atomic mass is 10.1. The average Bonchev–Trinajstić information content (AvgIpc) is 2.53. The summed E-state index contributed by atoms with van der Waals surface area (Å²) in [5, 5.41) is 0. The number of nitrogen functional groups attached to an aromatic ring is 1. The molecule has 4 nitrogen and oxygen atoms in total. The maximum atomic E-state index is 12.7. The van der Waals surface area contributed by atoms with Gasteiger partial charge < -0.3 is 5.73 Å². The van der Waals surface area contributed by atoms with Gasteiger partial charge in [-0.2, -0.15) is 4.31 Å². The normalized spacial score (nSPS) is 22.1. The number of nitrogens with two attached hydrogens (primary N) is 1. The Morgan fingerprint density at radius 2 is 2.05 bits per heavy atom. The van der Waals surface area contributed by atoms with Gasteiger partial charge in [-0.15, -0.1) is 0 Å². The van der Waals surface area contributed by atoms with Crippen molar-refractivity contribution >= 4 is 31.6 Å². The zero-order valence-corrected chi connectivity index (χ0v) is 13.4. The molecule has 2 rings (SSSR count). The van der Waals surface area contributed by atoms with Gasteiger partial charge >= 0.3 is 0 Å². The molecule has 2 N–H and O–H groups in total. The minimum Gasteiger partial charge on any atom is -0.399 e. The SMILES string of the molecule is CC1CCCCCN1S(=O)(=O)c1ccc(N)cc1Br. The number of hydrogen-bond acceptors (Lipinski definition) is 3. The molecule has 0 spiro atoms. The number of hydrogen-bond donors (Lipinski definition) is 1. The van der Waals surface area contributed by atoms with Crippen LogP contribution < -0.4 is 5.73 Å². The predicted molar refractivity (Wildman–Crippen MR) is 80.4 cm³/mol. The molecule has 1 saturated heterocycles. The van der Waals surface area contributed by atoms with Crippen molar-refractivity contribution in [2.75, 3.05) is 12.3 Å². The molecule has 0 radical (unpaired) electrons. The molecule has 1 aliphatic heterocycles. The van der Waals surface area contributed by atoms with E-state index in [0.717, 1.165) is 25.7 Å². The van der Waals surface area contributed by atoms with E-state index in [0.29, 0.717) is 21.6 Å². The molecule has 6 heteroatoms. The fraction of sp³-hybridized carbons (Fsp3) is 0.538. The summed E-state index contributed by atoms with van der Waals surface area (Å²) in [6, 6.07) is 4.89. The fourth-order valence-corrected chi connectivity index (χ4v) is 5.22. The van der Waals surface area contributed by atoms with Gasteiger partial charge in [-0.25, -0.2) is 8.42 Å². The maximum absolute atomic E-state index is 12.7. The Morgan fingerprint density at radius 1 is 1.32 bits per heavy atom. The van der Waals surface area contributed by atoms with E-state index in [1.807, 2.05) is 6.92 Å². The summed E-state index contributed by atoms with van der Waals surface area (Å²) in [5.41, 5.74) is 6.21. The Kier molecular flexibility index (Phi) is 4.53. The molecule has 1 aliphatic rings. The molecule has 1 aromatic carbocycles. The molecule has 0 bridgehead atoms. The molecule has 19 heavy (non-hydrogen) atoms. The third-order valence-corrected chi connectivity index (χ3v) is 6.52. The number of rotatable bonds is 2. The van der Waals surface area contributed by atoms with Crippen LogP contribution in [0, 0.1) is 0 Å². The molecular weight excluding hydrogens is 328 g/mol. The molecule has 1 heterocycles. The highest BCUT2D eigenvalue weighted by Gasteiger charge is 2.31. The van der Waals surface area contributed by atoms with Gasteiger partial charge in [0.25, 0.3) is 0 Å². The Balaban J connectivity index is 2.40. The van der Waals surface area contributed by atoms with Crippen molar-refractivity contribution in [2.24, 2.45) is 0 Å². The van der Waals surface area contributed by atoms with Crippen molar-refractivity contribution in [3.05, 3.63) is 22.7 Å². The summed E-state index contributed by atoms with van der Waals surface area (Å²) in [7, 11) is -3.45. The standard InChI is InChI=1S/C13H19BrN2O2S/c1-10-5-3-2-4-8-16(10)19(17,18)13-7-6-11(15)9-12(13)14/h6-7,9-10H,2-5,8,15H2,1H3. The van der Waals surface area contributed by atoms with Gasteiger partial charge in [0.05, 0.1) is 4.90 Å². The van der Waals surface area contributed by atoms with Crippen molar-refractivity contribution in [1.29, 1.82) is 0 Å². The maximum Gasteiger partial charge on any atom is 0.244 e. The summed E-state index contributed by atoms with van der Waals surface area (Å²) in [5.74, 6) is 0. The van der Waals surface area contributed by atoms with E-state index in [2.05, 4.69) is 15.9 Å². The van der Waals surface area contributed by atoms with E-state index < -0.39 is 10.0 Å². The lowest BCUT2D eigenvalue weighted by Crippen LogP contribution is -2.38. The minimum absolute atomic E-state index is 0.0527. The highest BCUT2D eigenvalue weighted by Crippen LogP contribution is 2.30. The predicted octanol–water partition coefficient (Wildman–Crippen LogP) is 2.98. The molecule has 1 atom stereocenters. The lowest BCUT2D eigenvalue weighted by molar-refractivity contribution is 0.342. The van der Waals surface area contributed by atoms with E-state index in [4.69, 9.17) is 5.73 Å². The summed E-state index contributed by atoms with van der Waals surface area (Å²) < 4.78 is 27.6. The van der Waals surface area contributed by atoms with E-state index in [1.165, 1.54) is 0 Å². The second-order valence-electron chi connectivity index (χ2n) is 5.00. The molecule has 0 aliphatic carbocycles. The number of benzene rings is 1. The molecule has 0 saturated carbocycles. The zero-order valence-electron chi connectivity index (χ0n) is 11.0. The first-order valence-corrected chi connectivity index (χ1v) is 8.73. The van der Waals surface area contributed by atoms with Gasteiger partial charge in [-0.05, 0) is 53.9 Å². The molecule has 106 valence electrons. The molecule has 0 aromatic heterocycles. The number of sulfonamides is 1. The van der Waals surface area contributed by atoms with E-state index in [1.54, 1.807) is 22.5 Å². The van der Waals surface area contributed by atoms with Crippen LogP contribution in [-0.4, -0.2) is 25.3 Å². The van der Waals surface area contributed by atoms with Crippen molar-refractivity contribution < 1.29 is 8.42 Å². The van der Waals surface area contributed by atoms with Crippen LogP contribution in [0.3, 0.4) is 0 Å². The van der Waals surface area contributed by atoms with Crippen LogP contribution in [0.5, 0.6) is 0 Å². The molecule has 1 unspecified atom stereocenters. The number of nitrogens with zero attached hydrogens (tertiary/aromatic N) is 1. The molecule has 0 amide bonds. The van der Waals surface area contributed by atoms with Crippen LogP contribution in [0.2, 0.25) is 0 Å². The molecular formula is C13H19BrN2O2S.